The van der Waals surface area contributed by atoms with Crippen LogP contribution in [-0.4, -0.2) is 49.6 Å². The lowest BCUT2D eigenvalue weighted by Crippen LogP contribution is -2.30. The number of aromatic nitrogens is 4. The Bertz CT molecular complexity index is 1670. The molecule has 0 amide bonds. The molecule has 13 heteroatoms. The van der Waals surface area contributed by atoms with Gasteiger partial charge in [0, 0.05) is 34.3 Å². The van der Waals surface area contributed by atoms with Gasteiger partial charge in [-0.25, -0.2) is 14.6 Å². The third-order valence-corrected chi connectivity index (χ3v) is 8.99. The first-order chi connectivity index (χ1) is 19.5. The number of alkyl halides is 3. The molecule has 4 heterocycles. The van der Waals surface area contributed by atoms with E-state index in [2.05, 4.69) is 26.5 Å². The number of ether oxygens (including phenoxy) is 1. The van der Waals surface area contributed by atoms with E-state index in [-0.39, 0.29) is 27.6 Å². The number of thiophene rings is 1. The van der Waals surface area contributed by atoms with E-state index in [1.807, 2.05) is 5.38 Å². The molecule has 1 aliphatic heterocycles. The van der Waals surface area contributed by atoms with Crippen LogP contribution in [0.1, 0.15) is 48.6 Å². The third-order valence-electron chi connectivity index (χ3n) is 7.80. The number of carboxylic acids is 1. The molecule has 2 unspecified atom stereocenters. The van der Waals surface area contributed by atoms with E-state index in [1.165, 1.54) is 40.5 Å². The number of carboxylic acid groups (broad SMARTS) is 1. The Morgan fingerprint density at radius 2 is 2.15 bits per heavy atom. The Hall–Kier alpha value is -3.48. The molecule has 2 aliphatic rings. The van der Waals surface area contributed by atoms with E-state index in [0.717, 1.165) is 17.6 Å². The van der Waals surface area contributed by atoms with E-state index in [1.54, 1.807) is 19.2 Å². The Morgan fingerprint density at radius 1 is 1.32 bits per heavy atom. The summed E-state index contributed by atoms with van der Waals surface area (Å²) in [4.78, 5) is 19.9. The van der Waals surface area contributed by atoms with Gasteiger partial charge in [-0.05, 0) is 61.8 Å². The van der Waals surface area contributed by atoms with Gasteiger partial charge in [-0.2, -0.15) is 18.3 Å². The summed E-state index contributed by atoms with van der Waals surface area (Å²) < 4.78 is 51.0. The van der Waals surface area contributed by atoms with Crippen LogP contribution in [0.3, 0.4) is 0 Å². The summed E-state index contributed by atoms with van der Waals surface area (Å²) in [6.45, 7) is 2.38. The van der Waals surface area contributed by atoms with Crippen LogP contribution in [0.15, 0.2) is 48.2 Å². The number of rotatable bonds is 6. The zero-order chi connectivity index (χ0) is 28.9. The van der Waals surface area contributed by atoms with Crippen LogP contribution in [-0.2, 0) is 4.79 Å². The molecule has 1 saturated heterocycles. The van der Waals surface area contributed by atoms with Gasteiger partial charge in [-0.15, -0.1) is 11.3 Å². The number of aliphatic carboxylic acids is 1. The van der Waals surface area contributed by atoms with Gasteiger partial charge in [-0.1, -0.05) is 23.7 Å². The number of benzene rings is 1. The van der Waals surface area contributed by atoms with Crippen LogP contribution in [0.2, 0.25) is 5.02 Å². The summed E-state index contributed by atoms with van der Waals surface area (Å²) in [5.41, 5.74) is 2.91. The van der Waals surface area contributed by atoms with Gasteiger partial charge in [0.05, 0.1) is 16.9 Å². The maximum atomic E-state index is 14.5. The van der Waals surface area contributed by atoms with E-state index < -0.39 is 24.3 Å². The van der Waals surface area contributed by atoms with Crippen LogP contribution in [0.4, 0.5) is 13.2 Å². The highest BCUT2D eigenvalue weighted by molar-refractivity contribution is 7.17. The Kier molecular flexibility index (Phi) is 7.03. The van der Waals surface area contributed by atoms with Crippen molar-refractivity contribution in [2.45, 2.75) is 50.9 Å². The Balaban J connectivity index is 1.32. The Morgan fingerprint density at radius 3 is 2.80 bits per heavy atom. The molecule has 1 aliphatic carbocycles. The minimum absolute atomic E-state index is 0.106. The van der Waals surface area contributed by atoms with Gasteiger partial charge in [0.25, 0.3) is 0 Å². The summed E-state index contributed by atoms with van der Waals surface area (Å²) in [5, 5.41) is 18.9. The average Bonchev–Trinajstić information content (AvgIpc) is 3.67. The second-order valence-electron chi connectivity index (χ2n) is 10.6. The molecule has 8 nitrogen and oxygen atoms in total. The molecule has 0 saturated carbocycles. The van der Waals surface area contributed by atoms with Crippen molar-refractivity contribution in [2.24, 2.45) is 5.41 Å². The summed E-state index contributed by atoms with van der Waals surface area (Å²) in [5.74, 6) is -1.00. The van der Waals surface area contributed by atoms with Crippen molar-refractivity contribution in [1.82, 2.24) is 25.1 Å². The van der Waals surface area contributed by atoms with Crippen molar-refractivity contribution < 1.29 is 27.8 Å². The minimum Gasteiger partial charge on any atom is -0.480 e. The van der Waals surface area contributed by atoms with Crippen molar-refractivity contribution >= 4 is 44.7 Å². The van der Waals surface area contributed by atoms with Crippen molar-refractivity contribution in [3.63, 3.8) is 0 Å². The van der Waals surface area contributed by atoms with Gasteiger partial charge in [-0.3, -0.25) is 4.79 Å². The lowest BCUT2D eigenvalue weighted by molar-refractivity contribution is -0.198. The summed E-state index contributed by atoms with van der Waals surface area (Å²) in [7, 11) is 0. The second kappa shape index (κ2) is 10.4. The number of allylic oxidation sites excluding steroid dienone is 2. The van der Waals surface area contributed by atoms with Gasteiger partial charge < -0.3 is 15.2 Å². The van der Waals surface area contributed by atoms with Crippen LogP contribution in [0, 0.1) is 12.3 Å². The highest BCUT2D eigenvalue weighted by Gasteiger charge is 2.46. The van der Waals surface area contributed by atoms with Gasteiger partial charge in [0.15, 0.2) is 0 Å². The lowest BCUT2D eigenvalue weighted by atomic mass is 9.72. The number of aryl methyl sites for hydroxylation is 1. The van der Waals surface area contributed by atoms with E-state index in [9.17, 15) is 23.1 Å². The number of hydrogen-bond donors (Lipinski definition) is 2. The van der Waals surface area contributed by atoms with Crippen molar-refractivity contribution in [3.05, 3.63) is 70.1 Å². The number of halogens is 4. The third kappa shape index (κ3) is 5.31. The van der Waals surface area contributed by atoms with Gasteiger partial charge in [0.1, 0.15) is 17.1 Å². The van der Waals surface area contributed by atoms with Crippen LogP contribution < -0.4 is 10.1 Å². The van der Waals surface area contributed by atoms with Crippen molar-refractivity contribution in [1.29, 1.82) is 0 Å². The number of carbonyl (C=O) groups is 1. The van der Waals surface area contributed by atoms with Crippen molar-refractivity contribution in [3.8, 4) is 11.6 Å². The first-order valence-corrected chi connectivity index (χ1v) is 14.2. The normalized spacial score (nSPS) is 21.8. The molecule has 214 valence electrons. The van der Waals surface area contributed by atoms with Gasteiger partial charge >= 0.3 is 12.1 Å². The molecule has 0 bridgehead atoms. The lowest BCUT2D eigenvalue weighted by Gasteiger charge is -2.31. The number of hydrogen-bond acceptors (Lipinski definition) is 7. The molecule has 6 rings (SSSR count). The zero-order valence-electron chi connectivity index (χ0n) is 21.8. The maximum Gasteiger partial charge on any atom is 0.429 e. The fourth-order valence-corrected chi connectivity index (χ4v) is 6.81. The Labute approximate surface area is 241 Å². The first kappa shape index (κ1) is 27.7. The highest BCUT2D eigenvalue weighted by atomic mass is 35.5. The molecule has 4 aromatic rings. The van der Waals surface area contributed by atoms with Crippen molar-refractivity contribution in [2.75, 3.05) is 6.54 Å². The summed E-state index contributed by atoms with van der Waals surface area (Å²) in [6.07, 6.45) is 0.575. The second-order valence-corrected chi connectivity index (χ2v) is 11.9. The largest absolute Gasteiger partial charge is 0.480 e. The zero-order valence-corrected chi connectivity index (χ0v) is 23.4. The molecule has 1 fully saturated rings. The molecule has 1 aromatic carbocycles. The SMILES string of the molecule is Cc1ccn(-c2cc(Cl)ccc2[C@@H](Oc2ncnc3c(C4=CCC5(CC4)CNC(C(=O)O)C5)csc23)C(F)(F)F)n1. The van der Waals surface area contributed by atoms with Crippen LogP contribution >= 0.6 is 22.9 Å². The quantitative estimate of drug-likeness (QED) is 0.259. The fourth-order valence-electron chi connectivity index (χ4n) is 5.67. The average molecular weight is 604 g/mol. The van der Waals surface area contributed by atoms with E-state index in [4.69, 9.17) is 16.3 Å². The smallest absolute Gasteiger partial charge is 0.429 e. The number of fused-ring (bicyclic) bond motifs is 1. The first-order valence-electron chi connectivity index (χ1n) is 13.0. The minimum atomic E-state index is -4.77. The van der Waals surface area contributed by atoms with Crippen LogP contribution in [0.25, 0.3) is 21.5 Å². The molecule has 41 heavy (non-hydrogen) atoms. The highest BCUT2D eigenvalue weighted by Crippen LogP contribution is 2.47. The molecular formula is C28H25ClF3N5O3S. The molecular weight excluding hydrogens is 579 g/mol. The number of nitrogens with zero attached hydrogens (tertiary/aromatic N) is 4. The van der Waals surface area contributed by atoms with E-state index in [0.29, 0.717) is 41.7 Å². The molecule has 1 spiro atoms. The summed E-state index contributed by atoms with van der Waals surface area (Å²) >= 11 is 7.38. The molecule has 0 radical (unpaired) electrons. The molecule has 3 atom stereocenters. The maximum absolute atomic E-state index is 14.5. The molecule has 3 aromatic heterocycles. The monoisotopic (exact) mass is 603 g/mol. The predicted octanol–water partition coefficient (Wildman–Crippen LogP) is 6.52. The standard InChI is InChI=1S/C28H25ClF3N5O3S/c1-15-6-9-37(36-15)21-10-17(29)2-3-18(21)24(28(30,31)32)40-25-23-22(34-14-35-25)19(12-41-23)16-4-7-27(8-5-16)11-20(26(38)39)33-13-27/h2-4,6,9-10,12,14,20,24,33H,5,7-8,11,13H2,1H3,(H,38,39)/t20?,24-,27?/m1/s1. The number of nitrogens with one attached hydrogen (secondary N) is 1. The van der Waals surface area contributed by atoms with Crippen LogP contribution in [0.5, 0.6) is 5.88 Å². The summed E-state index contributed by atoms with van der Waals surface area (Å²) in [6, 6.07) is 5.24. The van der Waals surface area contributed by atoms with E-state index >= 15 is 0 Å². The topological polar surface area (TPSA) is 102 Å². The fraction of sp³-hybridized carbons (Fsp3) is 0.357. The van der Waals surface area contributed by atoms with Gasteiger partial charge in [0.2, 0.25) is 12.0 Å². The predicted molar refractivity (Wildman–Crippen MR) is 148 cm³/mol. The molecule has 2 N–H and O–H groups in total.